The molecule has 0 N–H and O–H groups in total. The van der Waals surface area contributed by atoms with Crippen molar-refractivity contribution in [2.24, 2.45) is 0 Å². The van der Waals surface area contributed by atoms with Crippen molar-refractivity contribution in [3.63, 3.8) is 0 Å². The molecule has 0 fully saturated rings. The van der Waals surface area contributed by atoms with Gasteiger partial charge >= 0.3 is 11.9 Å². The van der Waals surface area contributed by atoms with E-state index in [1.54, 1.807) is 62.4 Å². The molecule has 3 aromatic carbocycles. The van der Waals surface area contributed by atoms with Gasteiger partial charge in [-0.15, -0.1) is 0 Å². The third-order valence-corrected chi connectivity index (χ3v) is 5.11. The lowest BCUT2D eigenvalue weighted by Crippen LogP contribution is -2.08. The molecule has 1 aliphatic rings. The maximum absolute atomic E-state index is 12.8. The molecular weight excluding hydrogens is 452 g/mol. The molecule has 8 nitrogen and oxygen atoms in total. The van der Waals surface area contributed by atoms with Crippen LogP contribution in [0.3, 0.4) is 0 Å². The number of fused-ring (bicyclic) bond motifs is 1. The van der Waals surface area contributed by atoms with Crippen LogP contribution in [0.25, 0.3) is 0 Å². The van der Waals surface area contributed by atoms with E-state index in [1.165, 1.54) is 0 Å². The molecule has 8 heteroatoms. The Morgan fingerprint density at radius 1 is 0.800 bits per heavy atom. The fourth-order valence-electron chi connectivity index (χ4n) is 3.48. The second-order valence-corrected chi connectivity index (χ2v) is 7.52. The van der Waals surface area contributed by atoms with E-state index in [-0.39, 0.29) is 30.7 Å². The molecule has 0 unspecified atom stereocenters. The summed E-state index contributed by atoms with van der Waals surface area (Å²) in [4.78, 5) is 24.4. The molecule has 35 heavy (non-hydrogen) atoms. The minimum absolute atomic E-state index is 0.151. The Kier molecular flexibility index (Phi) is 7.72. The molecular formula is C27H26O8. The van der Waals surface area contributed by atoms with Crippen molar-refractivity contribution in [3.05, 3.63) is 71.8 Å². The summed E-state index contributed by atoms with van der Waals surface area (Å²) in [5.41, 5.74) is 1.13. The van der Waals surface area contributed by atoms with E-state index in [0.717, 1.165) is 5.56 Å². The lowest BCUT2D eigenvalue weighted by Gasteiger charge is -2.15. The van der Waals surface area contributed by atoms with Crippen LogP contribution in [-0.2, 0) is 20.7 Å². The van der Waals surface area contributed by atoms with E-state index < -0.39 is 5.97 Å². The molecule has 0 amide bonds. The minimum Gasteiger partial charge on any atom is -0.466 e. The van der Waals surface area contributed by atoms with E-state index in [9.17, 15) is 9.59 Å². The van der Waals surface area contributed by atoms with Crippen LogP contribution in [0.1, 0.15) is 36.2 Å². The maximum Gasteiger partial charge on any atom is 0.345 e. The van der Waals surface area contributed by atoms with Crippen molar-refractivity contribution >= 4 is 11.9 Å². The number of carbonyl (C=O) groups is 2. The van der Waals surface area contributed by atoms with Gasteiger partial charge in [0, 0.05) is 12.5 Å². The van der Waals surface area contributed by atoms with Gasteiger partial charge in [-0.3, -0.25) is 4.79 Å². The van der Waals surface area contributed by atoms with Gasteiger partial charge in [-0.05, 0) is 62.2 Å². The van der Waals surface area contributed by atoms with Crippen molar-refractivity contribution in [3.8, 4) is 34.5 Å². The van der Waals surface area contributed by atoms with Crippen LogP contribution < -0.4 is 18.9 Å². The van der Waals surface area contributed by atoms with Crippen LogP contribution in [-0.4, -0.2) is 31.9 Å². The van der Waals surface area contributed by atoms with Crippen LogP contribution in [0.4, 0.5) is 0 Å². The van der Waals surface area contributed by atoms with Gasteiger partial charge in [0.15, 0.2) is 11.5 Å². The molecule has 0 radical (unpaired) electrons. The minimum atomic E-state index is -0.565. The van der Waals surface area contributed by atoms with Gasteiger partial charge in [0.05, 0.1) is 13.2 Å². The molecule has 0 aromatic heterocycles. The largest absolute Gasteiger partial charge is 0.466 e. The highest BCUT2D eigenvalue weighted by molar-refractivity contribution is 5.96. The maximum atomic E-state index is 12.8. The van der Waals surface area contributed by atoms with Crippen molar-refractivity contribution in [2.45, 2.75) is 26.7 Å². The fraction of sp³-hybridized carbons (Fsp3) is 0.259. The predicted octanol–water partition coefficient (Wildman–Crippen LogP) is 5.67. The first-order valence-corrected chi connectivity index (χ1v) is 11.4. The number of hydrogen-bond acceptors (Lipinski definition) is 8. The Balaban J connectivity index is 1.54. The number of rotatable bonds is 10. The first-order valence-electron chi connectivity index (χ1n) is 11.4. The Morgan fingerprint density at radius 2 is 1.46 bits per heavy atom. The fourth-order valence-corrected chi connectivity index (χ4v) is 3.48. The van der Waals surface area contributed by atoms with Gasteiger partial charge in [-0.2, -0.15) is 0 Å². The van der Waals surface area contributed by atoms with Crippen molar-refractivity contribution in [2.75, 3.05) is 20.0 Å². The normalized spacial score (nSPS) is 11.6. The second-order valence-electron chi connectivity index (χ2n) is 7.52. The van der Waals surface area contributed by atoms with Crippen LogP contribution in [0.5, 0.6) is 34.5 Å². The van der Waals surface area contributed by atoms with Crippen LogP contribution in [0.2, 0.25) is 0 Å². The average Bonchev–Trinajstić information content (AvgIpc) is 3.32. The highest BCUT2D eigenvalue weighted by Gasteiger charge is 2.22. The van der Waals surface area contributed by atoms with Gasteiger partial charge in [0.25, 0.3) is 0 Å². The van der Waals surface area contributed by atoms with E-state index in [2.05, 4.69) is 0 Å². The first kappa shape index (κ1) is 23.9. The molecule has 0 aliphatic carbocycles. The molecule has 4 rings (SSSR count). The Morgan fingerprint density at radius 3 is 2.17 bits per heavy atom. The molecule has 0 saturated heterocycles. The summed E-state index contributed by atoms with van der Waals surface area (Å²) in [6.45, 7) is 4.23. The Hall–Kier alpha value is -4.20. The number of benzene rings is 3. The summed E-state index contributed by atoms with van der Waals surface area (Å²) >= 11 is 0. The summed E-state index contributed by atoms with van der Waals surface area (Å²) in [7, 11) is 0. The molecule has 0 bridgehead atoms. The third kappa shape index (κ3) is 6.03. The van der Waals surface area contributed by atoms with Crippen LogP contribution >= 0.6 is 0 Å². The molecule has 0 spiro atoms. The zero-order valence-electron chi connectivity index (χ0n) is 19.6. The van der Waals surface area contributed by atoms with E-state index in [1.807, 2.05) is 12.1 Å². The van der Waals surface area contributed by atoms with E-state index in [4.69, 9.17) is 28.4 Å². The summed E-state index contributed by atoms with van der Waals surface area (Å²) in [6, 6.07) is 17.5. The third-order valence-electron chi connectivity index (χ3n) is 5.11. The van der Waals surface area contributed by atoms with Crippen molar-refractivity contribution < 1.29 is 38.0 Å². The number of esters is 2. The second kappa shape index (κ2) is 11.3. The summed E-state index contributed by atoms with van der Waals surface area (Å²) in [5.74, 6) is 1.97. The standard InChI is InChI=1S/C27H26O8/c1-3-30-25(28)15-10-18-8-11-19(12-9-18)34-22-6-5-7-23(26(22)27(29)31-4-2)35-20-13-14-21-24(16-20)33-17-32-21/h5-9,11-14,16H,3-4,10,15,17H2,1-2H3. The highest BCUT2D eigenvalue weighted by atomic mass is 16.7. The lowest BCUT2D eigenvalue weighted by molar-refractivity contribution is -0.143. The van der Waals surface area contributed by atoms with Crippen molar-refractivity contribution in [1.82, 2.24) is 0 Å². The monoisotopic (exact) mass is 478 g/mol. The lowest BCUT2D eigenvalue weighted by atomic mass is 10.1. The predicted molar refractivity (Wildman–Crippen MR) is 127 cm³/mol. The quantitative estimate of drug-likeness (QED) is 0.344. The molecule has 3 aromatic rings. The van der Waals surface area contributed by atoms with Crippen molar-refractivity contribution in [1.29, 1.82) is 0 Å². The molecule has 0 saturated carbocycles. The number of carbonyl (C=O) groups excluding carboxylic acids is 2. The highest BCUT2D eigenvalue weighted by Crippen LogP contribution is 2.39. The molecule has 0 atom stereocenters. The van der Waals surface area contributed by atoms with Gasteiger partial charge in [0.1, 0.15) is 28.6 Å². The molecule has 182 valence electrons. The summed E-state index contributed by atoms with van der Waals surface area (Å²) < 4.78 is 33.0. The molecule has 1 heterocycles. The van der Waals surface area contributed by atoms with Gasteiger partial charge in [-0.25, -0.2) is 4.79 Å². The Labute approximate surface area is 203 Å². The van der Waals surface area contributed by atoms with Crippen LogP contribution in [0, 0.1) is 0 Å². The van der Waals surface area contributed by atoms with Gasteiger partial charge < -0.3 is 28.4 Å². The van der Waals surface area contributed by atoms with Gasteiger partial charge in [0.2, 0.25) is 6.79 Å². The zero-order chi connectivity index (χ0) is 24.6. The van der Waals surface area contributed by atoms with E-state index >= 15 is 0 Å². The topological polar surface area (TPSA) is 89.5 Å². The zero-order valence-corrected chi connectivity index (χ0v) is 19.6. The first-order chi connectivity index (χ1) is 17.1. The smallest absolute Gasteiger partial charge is 0.345 e. The number of aryl methyl sites for hydroxylation is 1. The Bertz CT molecular complexity index is 1190. The van der Waals surface area contributed by atoms with E-state index in [0.29, 0.717) is 48.2 Å². The van der Waals surface area contributed by atoms with Gasteiger partial charge in [-0.1, -0.05) is 18.2 Å². The molecule has 1 aliphatic heterocycles. The number of hydrogen-bond donors (Lipinski definition) is 0. The average molecular weight is 478 g/mol. The SMILES string of the molecule is CCOC(=O)CCc1ccc(Oc2cccc(Oc3ccc4c(c3)OCO4)c2C(=O)OCC)cc1. The number of ether oxygens (including phenoxy) is 6. The summed E-state index contributed by atoms with van der Waals surface area (Å²) in [6.07, 6.45) is 0.867. The summed E-state index contributed by atoms with van der Waals surface area (Å²) in [5, 5.41) is 0. The van der Waals surface area contributed by atoms with Crippen LogP contribution in [0.15, 0.2) is 60.7 Å².